The zero-order chi connectivity index (χ0) is 15.7. The predicted octanol–water partition coefficient (Wildman–Crippen LogP) is 3.30. The maximum atomic E-state index is 12.5. The molecule has 116 valence electrons. The Balaban J connectivity index is 1.72. The number of hydrogen-bond donors (Lipinski definition) is 0. The molecule has 0 fully saturated rings. The van der Waals surface area contributed by atoms with E-state index in [9.17, 15) is 13.2 Å². The summed E-state index contributed by atoms with van der Waals surface area (Å²) in [4.78, 5) is 5.27. The number of halogens is 3. The molecular formula is C11H8F3N5OS2. The van der Waals surface area contributed by atoms with Crippen LogP contribution in [0, 0.1) is 0 Å². The average Bonchev–Trinajstić information content (AvgIpc) is 3.18. The van der Waals surface area contributed by atoms with E-state index in [4.69, 9.17) is 4.52 Å². The smallest absolute Gasteiger partial charge is 0.364 e. The van der Waals surface area contributed by atoms with E-state index < -0.39 is 11.9 Å². The summed E-state index contributed by atoms with van der Waals surface area (Å²) in [5, 5.41) is 14.2. The highest BCUT2D eigenvalue weighted by Crippen LogP contribution is 2.31. The van der Waals surface area contributed by atoms with Gasteiger partial charge in [0.2, 0.25) is 5.13 Å². The van der Waals surface area contributed by atoms with Gasteiger partial charge in [-0.2, -0.15) is 13.2 Å². The molecular weight excluding hydrogens is 339 g/mol. The van der Waals surface area contributed by atoms with Gasteiger partial charge in [-0.15, -0.1) is 21.5 Å². The summed E-state index contributed by atoms with van der Waals surface area (Å²) >= 11 is 2.23. The van der Waals surface area contributed by atoms with Gasteiger partial charge in [-0.1, -0.05) is 16.5 Å². The second-order valence-corrected chi connectivity index (χ2v) is 6.15. The topological polar surface area (TPSA) is 67.9 Å². The van der Waals surface area contributed by atoms with E-state index in [-0.39, 0.29) is 6.54 Å². The van der Waals surface area contributed by atoms with Crippen LogP contribution in [-0.2, 0) is 12.7 Å². The monoisotopic (exact) mass is 347 g/mol. The third-order valence-electron chi connectivity index (χ3n) is 2.61. The SMILES string of the molecule is CN(Cc1nc(C(F)(F)F)cs1)c1nnc(-c2ccon2)s1. The molecule has 0 saturated carbocycles. The number of alkyl halides is 3. The molecule has 0 radical (unpaired) electrons. The molecule has 22 heavy (non-hydrogen) atoms. The zero-order valence-electron chi connectivity index (χ0n) is 11.0. The third-order valence-corrected chi connectivity index (χ3v) is 4.51. The van der Waals surface area contributed by atoms with Gasteiger partial charge in [-0.05, 0) is 0 Å². The third kappa shape index (κ3) is 3.09. The molecule has 3 rings (SSSR count). The highest BCUT2D eigenvalue weighted by molar-refractivity contribution is 7.18. The largest absolute Gasteiger partial charge is 0.434 e. The van der Waals surface area contributed by atoms with Crippen molar-refractivity contribution in [1.82, 2.24) is 20.3 Å². The standard InChI is InChI=1S/C11H8F3N5OS2/c1-19(4-8-15-7(5-21-8)11(12,13)14)10-17-16-9(22-10)6-2-3-20-18-6/h2-3,5H,4H2,1H3. The average molecular weight is 347 g/mol. The van der Waals surface area contributed by atoms with Crippen LogP contribution in [-0.4, -0.2) is 27.4 Å². The van der Waals surface area contributed by atoms with Crippen LogP contribution >= 0.6 is 22.7 Å². The molecule has 0 saturated heterocycles. The van der Waals surface area contributed by atoms with E-state index in [0.29, 0.717) is 20.8 Å². The summed E-state index contributed by atoms with van der Waals surface area (Å²) in [6, 6.07) is 1.65. The van der Waals surface area contributed by atoms with Crippen molar-refractivity contribution in [2.45, 2.75) is 12.7 Å². The van der Waals surface area contributed by atoms with Crippen LogP contribution in [0.25, 0.3) is 10.7 Å². The number of rotatable bonds is 4. The highest BCUT2D eigenvalue weighted by atomic mass is 32.1. The van der Waals surface area contributed by atoms with E-state index in [2.05, 4.69) is 20.3 Å². The first-order valence-corrected chi connectivity index (χ1v) is 7.60. The predicted molar refractivity (Wildman–Crippen MR) is 74.6 cm³/mol. The molecule has 3 heterocycles. The Labute approximate surface area is 130 Å². The van der Waals surface area contributed by atoms with E-state index in [1.807, 2.05) is 0 Å². The molecule has 6 nitrogen and oxygen atoms in total. The summed E-state index contributed by atoms with van der Waals surface area (Å²) in [6.07, 6.45) is -3.00. The molecule has 0 aliphatic carbocycles. The van der Waals surface area contributed by atoms with Crippen molar-refractivity contribution in [3.63, 3.8) is 0 Å². The minimum absolute atomic E-state index is 0.216. The van der Waals surface area contributed by atoms with Gasteiger partial charge in [0.05, 0.1) is 6.54 Å². The second-order valence-electron chi connectivity index (χ2n) is 4.25. The Bertz CT molecular complexity index is 752. The van der Waals surface area contributed by atoms with Crippen molar-refractivity contribution in [3.05, 3.63) is 28.4 Å². The second kappa shape index (κ2) is 5.65. The lowest BCUT2D eigenvalue weighted by Crippen LogP contribution is -2.16. The highest BCUT2D eigenvalue weighted by Gasteiger charge is 2.33. The molecule has 3 aromatic heterocycles. The summed E-state index contributed by atoms with van der Waals surface area (Å²) in [7, 11) is 1.71. The van der Waals surface area contributed by atoms with Crippen molar-refractivity contribution in [1.29, 1.82) is 0 Å². The summed E-state index contributed by atoms with van der Waals surface area (Å²) in [5.74, 6) is 0. The Morgan fingerprint density at radius 2 is 2.14 bits per heavy atom. The van der Waals surface area contributed by atoms with Crippen molar-refractivity contribution >= 4 is 27.8 Å². The van der Waals surface area contributed by atoms with E-state index >= 15 is 0 Å². The Kier molecular flexibility index (Phi) is 3.83. The van der Waals surface area contributed by atoms with Gasteiger partial charge >= 0.3 is 6.18 Å². The van der Waals surface area contributed by atoms with Crippen LogP contribution in [0.4, 0.5) is 18.3 Å². The first kappa shape index (κ1) is 14.9. The van der Waals surface area contributed by atoms with E-state index in [0.717, 1.165) is 16.7 Å². The first-order valence-electron chi connectivity index (χ1n) is 5.90. The van der Waals surface area contributed by atoms with Crippen LogP contribution in [0.2, 0.25) is 0 Å². The summed E-state index contributed by atoms with van der Waals surface area (Å²) in [5.41, 5.74) is -0.313. The van der Waals surface area contributed by atoms with Gasteiger partial charge in [0.1, 0.15) is 17.0 Å². The van der Waals surface area contributed by atoms with Crippen molar-refractivity contribution in [2.75, 3.05) is 11.9 Å². The van der Waals surface area contributed by atoms with Gasteiger partial charge in [0.15, 0.2) is 10.7 Å². The number of anilines is 1. The maximum Gasteiger partial charge on any atom is 0.434 e. The molecule has 0 atom stereocenters. The molecule has 11 heteroatoms. The lowest BCUT2D eigenvalue weighted by Gasteiger charge is -2.12. The van der Waals surface area contributed by atoms with Crippen LogP contribution in [0.5, 0.6) is 0 Å². The minimum Gasteiger partial charge on any atom is -0.364 e. The molecule has 0 N–H and O–H groups in total. The van der Waals surface area contributed by atoms with Gasteiger partial charge in [-0.25, -0.2) is 4.98 Å². The Morgan fingerprint density at radius 3 is 2.77 bits per heavy atom. The fourth-order valence-electron chi connectivity index (χ4n) is 1.58. The quantitative estimate of drug-likeness (QED) is 0.721. The van der Waals surface area contributed by atoms with Crippen molar-refractivity contribution < 1.29 is 17.7 Å². The van der Waals surface area contributed by atoms with Crippen LogP contribution in [0.3, 0.4) is 0 Å². The lowest BCUT2D eigenvalue weighted by atomic mass is 10.5. The number of thiazole rings is 1. The molecule has 0 amide bonds. The Morgan fingerprint density at radius 1 is 1.32 bits per heavy atom. The summed E-state index contributed by atoms with van der Waals surface area (Å²) < 4.78 is 42.3. The van der Waals surface area contributed by atoms with E-state index in [1.54, 1.807) is 18.0 Å². The molecule has 0 aliphatic heterocycles. The molecule has 0 unspecified atom stereocenters. The molecule has 0 bridgehead atoms. The normalized spacial score (nSPS) is 11.8. The van der Waals surface area contributed by atoms with Crippen molar-refractivity contribution in [3.8, 4) is 10.7 Å². The minimum atomic E-state index is -4.42. The maximum absolute atomic E-state index is 12.5. The number of aromatic nitrogens is 4. The van der Waals surface area contributed by atoms with Gasteiger partial charge in [-0.3, -0.25) is 0 Å². The van der Waals surface area contributed by atoms with Gasteiger partial charge < -0.3 is 9.42 Å². The van der Waals surface area contributed by atoms with Crippen LogP contribution in [0.1, 0.15) is 10.7 Å². The first-order chi connectivity index (χ1) is 10.4. The van der Waals surface area contributed by atoms with E-state index in [1.165, 1.54) is 17.6 Å². The number of nitrogens with zero attached hydrogens (tertiary/aromatic N) is 5. The van der Waals surface area contributed by atoms with Crippen molar-refractivity contribution in [2.24, 2.45) is 0 Å². The Hall–Kier alpha value is -2.01. The summed E-state index contributed by atoms with van der Waals surface area (Å²) in [6.45, 7) is 0.216. The fraction of sp³-hybridized carbons (Fsp3) is 0.273. The zero-order valence-corrected chi connectivity index (χ0v) is 12.7. The molecule has 3 aromatic rings. The van der Waals surface area contributed by atoms with Gasteiger partial charge in [0.25, 0.3) is 0 Å². The lowest BCUT2D eigenvalue weighted by molar-refractivity contribution is -0.140. The molecule has 0 spiro atoms. The van der Waals surface area contributed by atoms with Crippen LogP contribution in [0.15, 0.2) is 22.2 Å². The fourth-order valence-corrected chi connectivity index (χ4v) is 3.20. The number of hydrogen-bond acceptors (Lipinski definition) is 8. The van der Waals surface area contributed by atoms with Gasteiger partial charge in [0, 0.05) is 18.5 Å². The molecule has 0 aliphatic rings. The van der Waals surface area contributed by atoms with Crippen LogP contribution < -0.4 is 4.90 Å². The molecule has 0 aromatic carbocycles.